The molecule has 0 radical (unpaired) electrons. The van der Waals surface area contributed by atoms with Crippen LogP contribution in [0.5, 0.6) is 0 Å². The van der Waals surface area contributed by atoms with Crippen molar-refractivity contribution in [2.24, 2.45) is 0 Å². The molecule has 1 aliphatic carbocycles. The van der Waals surface area contributed by atoms with E-state index >= 15 is 0 Å². The molecule has 0 amide bonds. The molecule has 0 aromatic heterocycles. The topological polar surface area (TPSA) is 72.2 Å². The van der Waals surface area contributed by atoms with Crippen LogP contribution >= 0.6 is 0 Å². The van der Waals surface area contributed by atoms with Crippen molar-refractivity contribution in [1.82, 2.24) is 4.72 Å². The van der Waals surface area contributed by atoms with Gasteiger partial charge in [0.25, 0.3) is 0 Å². The maximum absolute atomic E-state index is 13.0. The molecule has 1 aromatic rings. The Morgan fingerprint density at radius 1 is 1.16 bits per heavy atom. The standard InChI is InChI=1S/C12H16F2N2O2S/c13-12(14)7-5-10(6-8-12)16-19(17,18)11-3-1-9(15)2-4-11/h1-4,10,16H,5-8,15H2. The molecule has 0 saturated heterocycles. The minimum Gasteiger partial charge on any atom is -0.399 e. The quantitative estimate of drug-likeness (QED) is 0.838. The van der Waals surface area contributed by atoms with Gasteiger partial charge in [0.1, 0.15) is 0 Å². The van der Waals surface area contributed by atoms with Crippen molar-refractivity contribution in [3.05, 3.63) is 24.3 Å². The highest BCUT2D eigenvalue weighted by Crippen LogP contribution is 2.33. The molecule has 1 aliphatic rings. The molecule has 2 rings (SSSR count). The molecule has 19 heavy (non-hydrogen) atoms. The van der Waals surface area contributed by atoms with Crippen LogP contribution in [0.15, 0.2) is 29.2 Å². The normalized spacial score (nSPS) is 20.3. The molecule has 7 heteroatoms. The molecule has 0 unspecified atom stereocenters. The highest BCUT2D eigenvalue weighted by atomic mass is 32.2. The molecule has 0 heterocycles. The van der Waals surface area contributed by atoms with Gasteiger partial charge in [0.15, 0.2) is 0 Å². The minimum absolute atomic E-state index is 0.0963. The molecule has 0 atom stereocenters. The summed E-state index contributed by atoms with van der Waals surface area (Å²) >= 11 is 0. The Labute approximate surface area is 111 Å². The molecule has 3 N–H and O–H groups in total. The third kappa shape index (κ3) is 3.63. The van der Waals surface area contributed by atoms with E-state index in [9.17, 15) is 17.2 Å². The molecule has 0 aliphatic heterocycles. The van der Waals surface area contributed by atoms with Gasteiger partial charge in [-0.25, -0.2) is 21.9 Å². The zero-order valence-corrected chi connectivity index (χ0v) is 11.1. The van der Waals surface area contributed by atoms with Gasteiger partial charge in [0, 0.05) is 24.6 Å². The number of alkyl halides is 2. The summed E-state index contributed by atoms with van der Waals surface area (Å²) in [6.45, 7) is 0. The molecular formula is C12H16F2N2O2S. The summed E-state index contributed by atoms with van der Waals surface area (Å²) in [5.74, 6) is -2.66. The Morgan fingerprint density at radius 2 is 1.68 bits per heavy atom. The monoisotopic (exact) mass is 290 g/mol. The number of hydrogen-bond acceptors (Lipinski definition) is 3. The van der Waals surface area contributed by atoms with E-state index in [0.717, 1.165) is 0 Å². The maximum Gasteiger partial charge on any atom is 0.248 e. The molecular weight excluding hydrogens is 274 g/mol. The fraction of sp³-hybridized carbons (Fsp3) is 0.500. The van der Waals surface area contributed by atoms with Crippen molar-refractivity contribution in [3.8, 4) is 0 Å². The van der Waals surface area contributed by atoms with E-state index in [-0.39, 0.29) is 30.6 Å². The number of nitrogen functional groups attached to an aromatic ring is 1. The zero-order chi connectivity index (χ0) is 14.1. The second-order valence-electron chi connectivity index (χ2n) is 4.82. The van der Waals surface area contributed by atoms with E-state index in [1.807, 2.05) is 0 Å². The molecule has 106 valence electrons. The molecule has 4 nitrogen and oxygen atoms in total. The zero-order valence-electron chi connectivity index (χ0n) is 10.3. The Balaban J connectivity index is 2.04. The number of sulfonamides is 1. The van der Waals surface area contributed by atoms with Crippen molar-refractivity contribution >= 4 is 15.7 Å². The average Bonchev–Trinajstić information content (AvgIpc) is 2.32. The second kappa shape index (κ2) is 5.05. The van der Waals surface area contributed by atoms with Crippen LogP contribution in [0.3, 0.4) is 0 Å². The third-order valence-corrected chi connectivity index (χ3v) is 4.77. The van der Waals surface area contributed by atoms with Crippen molar-refractivity contribution in [2.75, 3.05) is 5.73 Å². The lowest BCUT2D eigenvalue weighted by molar-refractivity contribution is -0.0387. The fourth-order valence-corrected chi connectivity index (χ4v) is 3.40. The van der Waals surface area contributed by atoms with Gasteiger partial charge < -0.3 is 5.73 Å². The summed E-state index contributed by atoms with van der Waals surface area (Å²) in [5.41, 5.74) is 5.95. The van der Waals surface area contributed by atoms with Crippen LogP contribution in [-0.2, 0) is 10.0 Å². The summed E-state index contributed by atoms with van der Waals surface area (Å²) in [6, 6.07) is 5.35. The van der Waals surface area contributed by atoms with Crippen LogP contribution in [0.25, 0.3) is 0 Å². The number of nitrogens with one attached hydrogen (secondary N) is 1. The van der Waals surface area contributed by atoms with Crippen LogP contribution in [0, 0.1) is 0 Å². The highest BCUT2D eigenvalue weighted by molar-refractivity contribution is 7.89. The Hall–Kier alpha value is -1.21. The van der Waals surface area contributed by atoms with E-state index in [1.165, 1.54) is 24.3 Å². The summed E-state index contributed by atoms with van der Waals surface area (Å²) < 4.78 is 52.5. The number of halogens is 2. The predicted molar refractivity (Wildman–Crippen MR) is 68.4 cm³/mol. The summed E-state index contributed by atoms with van der Waals surface area (Å²) in [7, 11) is -3.66. The van der Waals surface area contributed by atoms with Gasteiger partial charge in [-0.05, 0) is 37.1 Å². The van der Waals surface area contributed by atoms with Crippen LogP contribution in [-0.4, -0.2) is 20.4 Å². The van der Waals surface area contributed by atoms with Crippen molar-refractivity contribution in [2.45, 2.75) is 42.5 Å². The molecule has 0 bridgehead atoms. The van der Waals surface area contributed by atoms with Crippen molar-refractivity contribution < 1.29 is 17.2 Å². The van der Waals surface area contributed by atoms with Crippen LogP contribution in [0.1, 0.15) is 25.7 Å². The first kappa shape index (κ1) is 14.2. The van der Waals surface area contributed by atoms with Crippen LogP contribution in [0.4, 0.5) is 14.5 Å². The SMILES string of the molecule is Nc1ccc(S(=O)(=O)NC2CCC(F)(F)CC2)cc1. The first-order valence-corrected chi connectivity index (χ1v) is 7.53. The van der Waals surface area contributed by atoms with E-state index in [0.29, 0.717) is 5.69 Å². The molecule has 0 spiro atoms. The van der Waals surface area contributed by atoms with Crippen molar-refractivity contribution in [1.29, 1.82) is 0 Å². The lowest BCUT2D eigenvalue weighted by atomic mass is 9.93. The number of anilines is 1. The minimum atomic E-state index is -3.66. The lowest BCUT2D eigenvalue weighted by Gasteiger charge is -2.28. The van der Waals surface area contributed by atoms with Gasteiger partial charge >= 0.3 is 0 Å². The van der Waals surface area contributed by atoms with Gasteiger partial charge in [-0.2, -0.15) is 0 Å². The highest BCUT2D eigenvalue weighted by Gasteiger charge is 2.36. The third-order valence-electron chi connectivity index (χ3n) is 3.23. The fourth-order valence-electron chi connectivity index (χ4n) is 2.09. The summed E-state index contributed by atoms with van der Waals surface area (Å²) in [4.78, 5) is 0.0963. The number of nitrogens with two attached hydrogens (primary N) is 1. The summed E-state index contributed by atoms with van der Waals surface area (Å²) in [6.07, 6.45) is -0.244. The van der Waals surface area contributed by atoms with Crippen LogP contribution < -0.4 is 10.5 Å². The lowest BCUT2D eigenvalue weighted by Crippen LogP contribution is -2.40. The number of rotatable bonds is 3. The molecule has 1 aromatic carbocycles. The number of hydrogen-bond donors (Lipinski definition) is 2. The van der Waals surface area contributed by atoms with E-state index < -0.39 is 22.0 Å². The second-order valence-corrected chi connectivity index (χ2v) is 6.53. The van der Waals surface area contributed by atoms with Gasteiger partial charge in [-0.3, -0.25) is 0 Å². The first-order chi connectivity index (χ1) is 8.78. The molecule has 1 fully saturated rings. The van der Waals surface area contributed by atoms with Crippen LogP contribution in [0.2, 0.25) is 0 Å². The van der Waals surface area contributed by atoms with Crippen molar-refractivity contribution in [3.63, 3.8) is 0 Å². The van der Waals surface area contributed by atoms with Gasteiger partial charge in [-0.1, -0.05) is 0 Å². The smallest absolute Gasteiger partial charge is 0.248 e. The Morgan fingerprint density at radius 3 is 2.21 bits per heavy atom. The Kier molecular flexibility index (Phi) is 3.78. The Bertz CT molecular complexity index is 533. The van der Waals surface area contributed by atoms with Gasteiger partial charge in [0.05, 0.1) is 4.90 Å². The van der Waals surface area contributed by atoms with Gasteiger partial charge in [-0.15, -0.1) is 0 Å². The first-order valence-electron chi connectivity index (χ1n) is 6.04. The largest absolute Gasteiger partial charge is 0.399 e. The predicted octanol–water partition coefficient (Wildman–Crippen LogP) is 2.12. The number of benzene rings is 1. The molecule has 1 saturated carbocycles. The summed E-state index contributed by atoms with van der Waals surface area (Å²) in [5, 5.41) is 0. The average molecular weight is 290 g/mol. The van der Waals surface area contributed by atoms with E-state index in [4.69, 9.17) is 5.73 Å². The van der Waals surface area contributed by atoms with E-state index in [1.54, 1.807) is 0 Å². The van der Waals surface area contributed by atoms with E-state index in [2.05, 4.69) is 4.72 Å². The maximum atomic E-state index is 13.0. The van der Waals surface area contributed by atoms with Gasteiger partial charge in [0.2, 0.25) is 15.9 Å².